The van der Waals surface area contributed by atoms with Gasteiger partial charge in [0, 0.05) is 5.33 Å². The number of hydrogen-bond acceptors (Lipinski definition) is 0. The fourth-order valence-corrected chi connectivity index (χ4v) is 3.41. The zero-order valence-corrected chi connectivity index (χ0v) is 9.45. The predicted molar refractivity (Wildman–Crippen MR) is 54.1 cm³/mol. The van der Waals surface area contributed by atoms with Crippen molar-refractivity contribution in [3.05, 3.63) is 0 Å². The highest BCUT2D eigenvalue weighted by Crippen LogP contribution is 2.52. The Morgan fingerprint density at radius 2 is 2.09 bits per heavy atom. The van der Waals surface area contributed by atoms with Crippen molar-refractivity contribution >= 4 is 15.9 Å². The molecule has 1 heteroatoms. The molecular formula is C10H19Br. The summed E-state index contributed by atoms with van der Waals surface area (Å²) in [5, 5.41) is 1.21. The van der Waals surface area contributed by atoms with Crippen molar-refractivity contribution in [2.75, 3.05) is 5.33 Å². The summed E-state index contributed by atoms with van der Waals surface area (Å²) in [4.78, 5) is 0. The van der Waals surface area contributed by atoms with Crippen molar-refractivity contribution in [2.45, 2.75) is 40.0 Å². The van der Waals surface area contributed by atoms with Gasteiger partial charge in [0.2, 0.25) is 0 Å². The molecule has 0 bridgehead atoms. The highest BCUT2D eigenvalue weighted by Gasteiger charge is 2.44. The second-order valence-corrected chi connectivity index (χ2v) is 4.88. The van der Waals surface area contributed by atoms with Crippen LogP contribution in [-0.4, -0.2) is 5.33 Å². The Bertz CT molecular complexity index is 125. The van der Waals surface area contributed by atoms with E-state index in [1.54, 1.807) is 0 Å². The Kier molecular flexibility index (Phi) is 3.02. The van der Waals surface area contributed by atoms with Crippen LogP contribution in [0.1, 0.15) is 40.0 Å². The minimum absolute atomic E-state index is 0.661. The zero-order chi connectivity index (χ0) is 8.48. The van der Waals surface area contributed by atoms with Crippen LogP contribution in [0.4, 0.5) is 0 Å². The molecule has 11 heavy (non-hydrogen) atoms. The average Bonchev–Trinajstić information content (AvgIpc) is 1.96. The monoisotopic (exact) mass is 218 g/mol. The molecule has 0 aliphatic heterocycles. The van der Waals surface area contributed by atoms with Crippen LogP contribution in [0.2, 0.25) is 0 Å². The lowest BCUT2D eigenvalue weighted by atomic mass is 9.57. The molecule has 1 fully saturated rings. The molecule has 0 radical (unpaired) electrons. The Labute approximate surface area is 78.9 Å². The van der Waals surface area contributed by atoms with E-state index in [9.17, 15) is 0 Å². The van der Waals surface area contributed by atoms with E-state index in [1.807, 2.05) is 0 Å². The molecule has 1 unspecified atom stereocenters. The molecule has 1 aliphatic rings. The molecule has 1 saturated carbocycles. The second kappa shape index (κ2) is 3.47. The first kappa shape index (κ1) is 9.57. The van der Waals surface area contributed by atoms with Gasteiger partial charge < -0.3 is 0 Å². The Morgan fingerprint density at radius 3 is 2.36 bits per heavy atom. The maximum atomic E-state index is 3.65. The third kappa shape index (κ3) is 1.63. The van der Waals surface area contributed by atoms with Gasteiger partial charge in [-0.25, -0.2) is 0 Å². The van der Waals surface area contributed by atoms with Crippen LogP contribution >= 0.6 is 15.9 Å². The van der Waals surface area contributed by atoms with E-state index in [0.717, 1.165) is 11.8 Å². The first-order valence-corrected chi connectivity index (χ1v) is 5.82. The van der Waals surface area contributed by atoms with Crippen molar-refractivity contribution in [3.63, 3.8) is 0 Å². The van der Waals surface area contributed by atoms with Gasteiger partial charge in [-0.2, -0.15) is 0 Å². The molecule has 1 aliphatic carbocycles. The molecular weight excluding hydrogens is 200 g/mol. The topological polar surface area (TPSA) is 0 Å². The standard InChI is InChI=1S/C10H19Br/c1-4-9(3)10(7-11)5-8(2)6-10/h8-9H,4-7H2,1-3H3. The maximum Gasteiger partial charge on any atom is 0.00907 e. The Hall–Kier alpha value is 0.480. The van der Waals surface area contributed by atoms with E-state index in [2.05, 4.69) is 36.7 Å². The molecule has 1 atom stereocenters. The van der Waals surface area contributed by atoms with Gasteiger partial charge in [-0.15, -0.1) is 0 Å². The minimum Gasteiger partial charge on any atom is -0.0922 e. The van der Waals surface area contributed by atoms with Gasteiger partial charge in [-0.1, -0.05) is 43.1 Å². The molecule has 0 nitrogen and oxygen atoms in total. The summed E-state index contributed by atoms with van der Waals surface area (Å²) in [6, 6.07) is 0. The molecule has 0 saturated heterocycles. The summed E-state index contributed by atoms with van der Waals surface area (Å²) in [6.45, 7) is 7.06. The van der Waals surface area contributed by atoms with Crippen LogP contribution in [0.5, 0.6) is 0 Å². The Morgan fingerprint density at radius 1 is 1.55 bits per heavy atom. The molecule has 0 aromatic heterocycles. The van der Waals surface area contributed by atoms with Crippen molar-refractivity contribution in [1.82, 2.24) is 0 Å². The normalized spacial score (nSPS) is 39.8. The largest absolute Gasteiger partial charge is 0.0922 e. The highest BCUT2D eigenvalue weighted by atomic mass is 79.9. The van der Waals surface area contributed by atoms with E-state index in [4.69, 9.17) is 0 Å². The van der Waals surface area contributed by atoms with Crippen LogP contribution < -0.4 is 0 Å². The van der Waals surface area contributed by atoms with Gasteiger partial charge in [0.15, 0.2) is 0 Å². The zero-order valence-electron chi connectivity index (χ0n) is 7.86. The summed E-state index contributed by atoms with van der Waals surface area (Å²) in [5.74, 6) is 1.87. The third-order valence-corrected chi connectivity index (χ3v) is 4.55. The van der Waals surface area contributed by atoms with E-state index in [-0.39, 0.29) is 0 Å². The lowest BCUT2D eigenvalue weighted by Crippen LogP contribution is -2.42. The molecule has 0 N–H and O–H groups in total. The van der Waals surface area contributed by atoms with E-state index < -0.39 is 0 Å². The van der Waals surface area contributed by atoms with Crippen LogP contribution in [0, 0.1) is 17.3 Å². The van der Waals surface area contributed by atoms with Crippen molar-refractivity contribution in [3.8, 4) is 0 Å². The fraction of sp³-hybridized carbons (Fsp3) is 1.00. The van der Waals surface area contributed by atoms with Crippen LogP contribution in [0.3, 0.4) is 0 Å². The molecule has 0 aromatic rings. The highest BCUT2D eigenvalue weighted by molar-refractivity contribution is 9.09. The summed E-state index contributed by atoms with van der Waals surface area (Å²) in [6.07, 6.45) is 4.21. The minimum atomic E-state index is 0.661. The molecule has 0 spiro atoms. The van der Waals surface area contributed by atoms with Crippen LogP contribution in [0.15, 0.2) is 0 Å². The predicted octanol–water partition coefficient (Wildman–Crippen LogP) is 3.84. The molecule has 1 rings (SSSR count). The number of alkyl halides is 1. The second-order valence-electron chi connectivity index (χ2n) is 4.32. The molecule has 66 valence electrons. The quantitative estimate of drug-likeness (QED) is 0.632. The van der Waals surface area contributed by atoms with Gasteiger partial charge in [0.1, 0.15) is 0 Å². The summed E-state index contributed by atoms with van der Waals surface area (Å²) in [7, 11) is 0. The van der Waals surface area contributed by atoms with Crippen LogP contribution in [0.25, 0.3) is 0 Å². The van der Waals surface area contributed by atoms with Gasteiger partial charge in [0.25, 0.3) is 0 Å². The van der Waals surface area contributed by atoms with E-state index in [1.165, 1.54) is 24.6 Å². The van der Waals surface area contributed by atoms with Gasteiger partial charge >= 0.3 is 0 Å². The van der Waals surface area contributed by atoms with Crippen LogP contribution in [-0.2, 0) is 0 Å². The first-order chi connectivity index (χ1) is 5.14. The summed E-state index contributed by atoms with van der Waals surface area (Å²) < 4.78 is 0. The summed E-state index contributed by atoms with van der Waals surface area (Å²) in [5.41, 5.74) is 0.661. The van der Waals surface area contributed by atoms with Crippen molar-refractivity contribution < 1.29 is 0 Å². The Balaban J connectivity index is 2.49. The third-order valence-electron chi connectivity index (χ3n) is 3.43. The van der Waals surface area contributed by atoms with Crippen molar-refractivity contribution in [1.29, 1.82) is 0 Å². The van der Waals surface area contributed by atoms with Gasteiger partial charge in [0.05, 0.1) is 0 Å². The fourth-order valence-electron chi connectivity index (χ4n) is 2.40. The van der Waals surface area contributed by atoms with E-state index >= 15 is 0 Å². The number of hydrogen-bond donors (Lipinski definition) is 0. The molecule has 0 aromatic carbocycles. The lowest BCUT2D eigenvalue weighted by molar-refractivity contribution is 0.0320. The SMILES string of the molecule is CCC(C)C1(CBr)CC(C)C1. The van der Waals surface area contributed by atoms with E-state index in [0.29, 0.717) is 5.41 Å². The van der Waals surface area contributed by atoms with Crippen molar-refractivity contribution in [2.24, 2.45) is 17.3 Å². The van der Waals surface area contributed by atoms with Gasteiger partial charge in [-0.05, 0) is 30.1 Å². The maximum absolute atomic E-state index is 3.65. The lowest BCUT2D eigenvalue weighted by Gasteiger charge is -2.49. The van der Waals surface area contributed by atoms with Gasteiger partial charge in [-0.3, -0.25) is 0 Å². The first-order valence-electron chi connectivity index (χ1n) is 4.70. The summed E-state index contributed by atoms with van der Waals surface area (Å²) >= 11 is 3.65. The number of rotatable bonds is 3. The molecule has 0 heterocycles. The molecule has 0 amide bonds. The smallest absolute Gasteiger partial charge is 0.00907 e. The number of halogens is 1. The average molecular weight is 219 g/mol.